The number of nitrogens with two attached hydrogens (primary N) is 1. The fourth-order valence-corrected chi connectivity index (χ4v) is 3.51. The smallest absolute Gasteiger partial charge is 0.242 e. The Hall–Kier alpha value is -1.11. The van der Waals surface area contributed by atoms with Crippen molar-refractivity contribution in [1.29, 1.82) is 0 Å². The first-order valence-corrected chi connectivity index (χ1v) is 8.23. The molecule has 4 N–H and O–H groups in total. The lowest BCUT2D eigenvalue weighted by Gasteiger charge is -2.25. The molecule has 0 aromatic heterocycles. The topological polar surface area (TPSA) is 92.4 Å². The van der Waals surface area contributed by atoms with Gasteiger partial charge in [0.25, 0.3) is 0 Å². The molecule has 0 spiro atoms. The zero-order chi connectivity index (χ0) is 15.6. The van der Waals surface area contributed by atoms with Gasteiger partial charge in [-0.1, -0.05) is 19.9 Å². The predicted octanol–water partition coefficient (Wildman–Crippen LogP) is 1.72. The Morgan fingerprint density at radius 2 is 1.80 bits per heavy atom. The number of aliphatic hydroxyl groups is 1. The summed E-state index contributed by atoms with van der Waals surface area (Å²) in [5.74, 6) is 0. The molecule has 6 heteroatoms. The summed E-state index contributed by atoms with van der Waals surface area (Å²) in [5, 5.41) is 10.2. The Morgan fingerprint density at radius 3 is 2.30 bits per heavy atom. The van der Waals surface area contributed by atoms with Gasteiger partial charge in [0.2, 0.25) is 10.0 Å². The summed E-state index contributed by atoms with van der Waals surface area (Å²) in [6.45, 7) is 7.19. The summed E-state index contributed by atoms with van der Waals surface area (Å²) in [4.78, 5) is 0.104. The van der Waals surface area contributed by atoms with E-state index in [4.69, 9.17) is 5.73 Å². The monoisotopic (exact) mass is 300 g/mol. The van der Waals surface area contributed by atoms with Gasteiger partial charge in [0.1, 0.15) is 4.90 Å². The third-order valence-corrected chi connectivity index (χ3v) is 5.49. The molecule has 114 valence electrons. The van der Waals surface area contributed by atoms with E-state index in [9.17, 15) is 13.5 Å². The van der Waals surface area contributed by atoms with Crippen LogP contribution in [0.25, 0.3) is 0 Å². The molecule has 0 atom stereocenters. The quantitative estimate of drug-likeness (QED) is 0.697. The standard InChI is InChI=1S/C14H24N2O3S/c1-5-14(17,6-2)9-16-20(18,19)13-11(4)10(3)7-8-12(13)15/h7-8,16-17H,5-6,9,15H2,1-4H3. The summed E-state index contributed by atoms with van der Waals surface area (Å²) in [5.41, 5.74) is 6.49. The molecule has 0 aliphatic rings. The van der Waals surface area contributed by atoms with E-state index >= 15 is 0 Å². The van der Waals surface area contributed by atoms with E-state index < -0.39 is 15.6 Å². The third-order valence-electron chi connectivity index (χ3n) is 3.88. The van der Waals surface area contributed by atoms with Crippen LogP contribution in [0, 0.1) is 13.8 Å². The van der Waals surface area contributed by atoms with Crippen molar-refractivity contribution < 1.29 is 13.5 Å². The molecule has 0 saturated heterocycles. The van der Waals surface area contributed by atoms with Gasteiger partial charge in [0.15, 0.2) is 0 Å². The van der Waals surface area contributed by atoms with E-state index in [-0.39, 0.29) is 17.1 Å². The van der Waals surface area contributed by atoms with Gasteiger partial charge in [-0.05, 0) is 43.9 Å². The number of hydrogen-bond donors (Lipinski definition) is 3. The first kappa shape index (κ1) is 16.9. The molecule has 0 unspecified atom stereocenters. The van der Waals surface area contributed by atoms with E-state index in [1.807, 2.05) is 20.8 Å². The lowest BCUT2D eigenvalue weighted by Crippen LogP contribution is -2.42. The average Bonchev–Trinajstić information content (AvgIpc) is 2.40. The zero-order valence-electron chi connectivity index (χ0n) is 12.5. The Morgan fingerprint density at radius 1 is 1.25 bits per heavy atom. The molecule has 0 aliphatic carbocycles. The van der Waals surface area contributed by atoms with Crippen LogP contribution in [0.5, 0.6) is 0 Å². The molecule has 0 radical (unpaired) electrons. The van der Waals surface area contributed by atoms with E-state index in [1.165, 1.54) is 0 Å². The number of nitrogen functional groups attached to an aromatic ring is 1. The zero-order valence-corrected chi connectivity index (χ0v) is 13.3. The molecule has 0 amide bonds. The molecule has 1 aromatic rings. The van der Waals surface area contributed by atoms with Gasteiger partial charge in [0.05, 0.1) is 11.3 Å². The molecule has 0 aliphatic heterocycles. The molecule has 0 heterocycles. The lowest BCUT2D eigenvalue weighted by molar-refractivity contribution is 0.0377. The predicted molar refractivity (Wildman–Crippen MR) is 81.0 cm³/mol. The number of aryl methyl sites for hydroxylation is 1. The van der Waals surface area contributed by atoms with Gasteiger partial charge in [-0.15, -0.1) is 0 Å². The van der Waals surface area contributed by atoms with Crippen LogP contribution in [0.4, 0.5) is 5.69 Å². The Balaban J connectivity index is 3.10. The molecule has 5 nitrogen and oxygen atoms in total. The highest BCUT2D eigenvalue weighted by molar-refractivity contribution is 7.89. The largest absolute Gasteiger partial charge is 0.398 e. The molecule has 1 aromatic carbocycles. The van der Waals surface area contributed by atoms with Gasteiger partial charge in [0, 0.05) is 6.54 Å². The summed E-state index contributed by atoms with van der Waals surface area (Å²) in [6.07, 6.45) is 0.961. The highest BCUT2D eigenvalue weighted by Gasteiger charge is 2.27. The van der Waals surface area contributed by atoms with Crippen LogP contribution < -0.4 is 10.5 Å². The van der Waals surface area contributed by atoms with Gasteiger partial charge < -0.3 is 10.8 Å². The normalized spacial score (nSPS) is 12.7. The molecule has 1 rings (SSSR count). The fraction of sp³-hybridized carbons (Fsp3) is 0.571. The van der Waals surface area contributed by atoms with Crippen LogP contribution in [-0.2, 0) is 10.0 Å². The second-order valence-corrected chi connectivity index (χ2v) is 6.89. The van der Waals surface area contributed by atoms with E-state index in [2.05, 4.69) is 4.72 Å². The van der Waals surface area contributed by atoms with Crippen molar-refractivity contribution in [2.75, 3.05) is 12.3 Å². The number of sulfonamides is 1. The van der Waals surface area contributed by atoms with Crippen molar-refractivity contribution >= 4 is 15.7 Å². The maximum Gasteiger partial charge on any atom is 0.242 e. The van der Waals surface area contributed by atoms with E-state index in [0.717, 1.165) is 5.56 Å². The van der Waals surface area contributed by atoms with Gasteiger partial charge in [-0.2, -0.15) is 0 Å². The van der Waals surface area contributed by atoms with Crippen molar-refractivity contribution in [2.24, 2.45) is 0 Å². The number of hydrogen-bond acceptors (Lipinski definition) is 4. The van der Waals surface area contributed by atoms with Crippen molar-refractivity contribution in [3.05, 3.63) is 23.3 Å². The SMILES string of the molecule is CCC(O)(CC)CNS(=O)(=O)c1c(N)ccc(C)c1C. The maximum atomic E-state index is 12.4. The van der Waals surface area contributed by atoms with Crippen LogP contribution in [0.1, 0.15) is 37.8 Å². The van der Waals surface area contributed by atoms with Crippen LogP contribution >= 0.6 is 0 Å². The lowest BCUT2D eigenvalue weighted by atomic mass is 9.98. The summed E-state index contributed by atoms with van der Waals surface area (Å²) >= 11 is 0. The van der Waals surface area contributed by atoms with Crippen molar-refractivity contribution in [2.45, 2.75) is 51.0 Å². The number of nitrogens with one attached hydrogen (secondary N) is 1. The van der Waals surface area contributed by atoms with Gasteiger partial charge in [-0.3, -0.25) is 0 Å². The van der Waals surface area contributed by atoms with Crippen LogP contribution in [0.15, 0.2) is 17.0 Å². The van der Waals surface area contributed by atoms with Crippen molar-refractivity contribution in [3.63, 3.8) is 0 Å². The third kappa shape index (κ3) is 3.50. The summed E-state index contributed by atoms with van der Waals surface area (Å²) < 4.78 is 27.3. The number of anilines is 1. The van der Waals surface area contributed by atoms with Crippen molar-refractivity contribution in [3.8, 4) is 0 Å². The molecule has 0 bridgehead atoms. The minimum atomic E-state index is -3.73. The molecular formula is C14H24N2O3S. The number of benzene rings is 1. The van der Waals surface area contributed by atoms with E-state index in [1.54, 1.807) is 19.1 Å². The second kappa shape index (κ2) is 6.11. The van der Waals surface area contributed by atoms with Crippen LogP contribution in [0.2, 0.25) is 0 Å². The van der Waals surface area contributed by atoms with Crippen molar-refractivity contribution in [1.82, 2.24) is 4.72 Å². The highest BCUT2D eigenvalue weighted by Crippen LogP contribution is 2.25. The van der Waals surface area contributed by atoms with Crippen LogP contribution in [-0.4, -0.2) is 25.7 Å². The summed E-state index contributed by atoms with van der Waals surface area (Å²) in [6, 6.07) is 3.38. The van der Waals surface area contributed by atoms with E-state index in [0.29, 0.717) is 18.4 Å². The fourth-order valence-electron chi connectivity index (χ4n) is 1.97. The second-order valence-electron chi connectivity index (χ2n) is 5.18. The Bertz CT molecular complexity index is 578. The first-order valence-electron chi connectivity index (χ1n) is 6.74. The Labute approximate surface area is 121 Å². The molecule has 0 saturated carbocycles. The maximum absolute atomic E-state index is 12.4. The minimum absolute atomic E-state index is 0.0187. The van der Waals surface area contributed by atoms with Crippen LogP contribution in [0.3, 0.4) is 0 Å². The number of rotatable bonds is 6. The van der Waals surface area contributed by atoms with Gasteiger partial charge in [-0.25, -0.2) is 13.1 Å². The minimum Gasteiger partial charge on any atom is -0.398 e. The summed E-state index contributed by atoms with van der Waals surface area (Å²) in [7, 11) is -3.73. The first-order chi connectivity index (χ1) is 9.17. The highest BCUT2D eigenvalue weighted by atomic mass is 32.2. The van der Waals surface area contributed by atoms with Gasteiger partial charge >= 0.3 is 0 Å². The molecule has 0 fully saturated rings. The molecular weight excluding hydrogens is 276 g/mol. The average molecular weight is 300 g/mol. The Kier molecular flexibility index (Phi) is 5.18. The molecule has 20 heavy (non-hydrogen) atoms.